The largest absolute Gasteiger partial charge is 0.305 e. The number of rotatable bonds is 6. The van der Waals surface area contributed by atoms with Gasteiger partial charge < -0.3 is 5.32 Å². The third kappa shape index (κ3) is 3.45. The first-order valence-corrected chi connectivity index (χ1v) is 7.37. The van der Waals surface area contributed by atoms with E-state index in [0.717, 1.165) is 6.42 Å². The molecule has 2 aromatic carbocycles. The molecular formula is C18H25NO. The quantitative estimate of drug-likeness (QED) is 0.861. The van der Waals surface area contributed by atoms with Crippen molar-refractivity contribution >= 4 is 16.6 Å². The Morgan fingerprint density at radius 1 is 1.15 bits per heavy atom. The Balaban J connectivity index is 0.00000220. The summed E-state index contributed by atoms with van der Waals surface area (Å²) in [7, 11) is 0. The maximum atomic E-state index is 12.1. The van der Waals surface area contributed by atoms with E-state index in [1.807, 2.05) is 13.0 Å². The van der Waals surface area contributed by atoms with Gasteiger partial charge in [0.05, 0.1) is 6.04 Å². The van der Waals surface area contributed by atoms with Gasteiger partial charge in [0.15, 0.2) is 0 Å². The smallest absolute Gasteiger partial charge is 0.149 e. The minimum atomic E-state index is -0.0918. The van der Waals surface area contributed by atoms with Crippen LogP contribution in [0.2, 0.25) is 0 Å². The van der Waals surface area contributed by atoms with Gasteiger partial charge >= 0.3 is 0 Å². The predicted molar refractivity (Wildman–Crippen MR) is 87.1 cm³/mol. The molecule has 0 radical (unpaired) electrons. The van der Waals surface area contributed by atoms with Crippen molar-refractivity contribution < 1.29 is 6.22 Å². The van der Waals surface area contributed by atoms with Crippen molar-refractivity contribution in [3.8, 4) is 0 Å². The van der Waals surface area contributed by atoms with Crippen molar-refractivity contribution in [1.29, 1.82) is 0 Å². The van der Waals surface area contributed by atoms with Crippen LogP contribution in [-0.2, 0) is 11.2 Å². The van der Waals surface area contributed by atoms with E-state index >= 15 is 0 Å². The van der Waals surface area contributed by atoms with E-state index in [1.165, 1.54) is 16.3 Å². The summed E-state index contributed by atoms with van der Waals surface area (Å²) in [6.45, 7) is 6.10. The zero-order chi connectivity index (χ0) is 14.5. The van der Waals surface area contributed by atoms with E-state index in [-0.39, 0.29) is 13.3 Å². The minimum Gasteiger partial charge on any atom is -0.305 e. The van der Waals surface area contributed by atoms with Gasteiger partial charge in [0.1, 0.15) is 5.78 Å². The first kappa shape index (κ1) is 14.7. The highest BCUT2D eigenvalue weighted by Crippen LogP contribution is 2.20. The van der Waals surface area contributed by atoms with E-state index in [4.69, 9.17) is 0 Å². The number of carbonyl (C=O) groups excluding carboxylic acids is 1. The average molecular weight is 271 g/mol. The lowest BCUT2D eigenvalue weighted by molar-refractivity contribution is -0.120. The summed E-state index contributed by atoms with van der Waals surface area (Å²) in [6.07, 6.45) is 1.33. The lowest BCUT2D eigenvalue weighted by Gasteiger charge is -2.20. The van der Waals surface area contributed by atoms with E-state index in [1.54, 1.807) is 0 Å². The van der Waals surface area contributed by atoms with Gasteiger partial charge in [-0.05, 0) is 22.8 Å². The summed E-state index contributed by atoms with van der Waals surface area (Å²) >= 11 is 0. The number of hydrogen-bond acceptors (Lipinski definition) is 2. The normalized spacial score (nSPS) is 12.8. The van der Waals surface area contributed by atoms with E-state index in [9.17, 15) is 4.79 Å². The van der Waals surface area contributed by atoms with Gasteiger partial charge in [-0.15, -0.1) is 0 Å². The number of Topliss-reactive ketones (excluding diaryl/α,β-unsaturated/α-hetero) is 1. The molecule has 0 saturated heterocycles. The molecule has 2 aromatic rings. The van der Waals surface area contributed by atoms with Crippen LogP contribution in [0.3, 0.4) is 0 Å². The van der Waals surface area contributed by atoms with Gasteiger partial charge in [-0.2, -0.15) is 0 Å². The molecule has 0 saturated carbocycles. The molecule has 0 unspecified atom stereocenters. The number of benzene rings is 2. The number of ketones is 1. The molecule has 108 valence electrons. The van der Waals surface area contributed by atoms with Gasteiger partial charge in [0.25, 0.3) is 0 Å². The number of hydrogen-bond donors (Lipinski definition) is 1. The van der Waals surface area contributed by atoms with Crippen LogP contribution in [0, 0.1) is 0 Å². The monoisotopic (exact) mass is 271 g/mol. The molecule has 2 nitrogen and oxygen atoms in total. The highest BCUT2D eigenvalue weighted by Gasteiger charge is 2.18. The Morgan fingerprint density at radius 3 is 2.55 bits per heavy atom. The molecule has 0 amide bonds. The second-order valence-electron chi connectivity index (χ2n) is 5.54. The van der Waals surface area contributed by atoms with E-state index in [2.05, 4.69) is 55.6 Å². The molecule has 0 heterocycles. The molecular weight excluding hydrogens is 246 g/mol. The number of fused-ring (bicyclic) bond motifs is 1. The number of carbonyl (C=O) groups is 1. The molecule has 20 heavy (non-hydrogen) atoms. The van der Waals surface area contributed by atoms with Crippen LogP contribution < -0.4 is 5.32 Å². The summed E-state index contributed by atoms with van der Waals surface area (Å²) in [6, 6.07) is 14.9. The summed E-state index contributed by atoms with van der Waals surface area (Å²) < 4.78 is 0. The Morgan fingerprint density at radius 2 is 1.85 bits per heavy atom. The van der Waals surface area contributed by atoms with Crippen molar-refractivity contribution in [3.63, 3.8) is 0 Å². The fourth-order valence-corrected chi connectivity index (χ4v) is 2.60. The molecule has 0 bridgehead atoms. The van der Waals surface area contributed by atoms with Gasteiger partial charge in [-0.3, -0.25) is 4.79 Å². The van der Waals surface area contributed by atoms with Gasteiger partial charge in [0, 0.05) is 13.9 Å². The maximum absolute atomic E-state index is 12.1. The molecule has 1 N–H and O–H groups in total. The Labute approximate surface area is 122 Å². The van der Waals surface area contributed by atoms with Crippen LogP contribution in [-0.4, -0.2) is 17.9 Å². The third-order valence-corrected chi connectivity index (χ3v) is 3.58. The fourth-order valence-electron chi connectivity index (χ4n) is 2.60. The Hall–Kier alpha value is -1.67. The van der Waals surface area contributed by atoms with Crippen molar-refractivity contribution in [3.05, 3.63) is 48.0 Å². The van der Waals surface area contributed by atoms with Crippen molar-refractivity contribution in [2.75, 3.05) is 0 Å². The lowest BCUT2D eigenvalue weighted by atomic mass is 9.96. The molecule has 2 heteroatoms. The maximum Gasteiger partial charge on any atom is 0.149 e. The van der Waals surface area contributed by atoms with Crippen molar-refractivity contribution in [2.24, 2.45) is 0 Å². The standard InChI is InChI=1S/C18H23NO.H2/c1-4-18(20)17(19-13(2)3)12-15-10-7-9-14-8-5-6-11-16(14)15;/h5-11,13,17,19H,4,12H2,1-3H3;1H/t17-;/m1./s1. The van der Waals surface area contributed by atoms with Crippen LogP contribution in [0.4, 0.5) is 0 Å². The Kier molecular flexibility index (Phi) is 4.91. The van der Waals surface area contributed by atoms with E-state index < -0.39 is 0 Å². The minimum absolute atomic E-state index is 0. The van der Waals surface area contributed by atoms with Crippen molar-refractivity contribution in [2.45, 2.75) is 45.7 Å². The number of nitrogens with one attached hydrogen (secondary N) is 1. The summed E-state index contributed by atoms with van der Waals surface area (Å²) in [4.78, 5) is 12.1. The molecule has 0 aliphatic heterocycles. The third-order valence-electron chi connectivity index (χ3n) is 3.58. The van der Waals surface area contributed by atoms with Crippen LogP contribution >= 0.6 is 0 Å². The van der Waals surface area contributed by atoms with E-state index in [0.29, 0.717) is 12.5 Å². The van der Waals surface area contributed by atoms with Gasteiger partial charge in [-0.25, -0.2) is 0 Å². The summed E-state index contributed by atoms with van der Waals surface area (Å²) in [5.41, 5.74) is 1.24. The molecule has 0 aromatic heterocycles. The fraction of sp³-hybridized carbons (Fsp3) is 0.389. The molecule has 2 rings (SSSR count). The van der Waals surface area contributed by atoms with Crippen LogP contribution in [0.25, 0.3) is 10.8 Å². The first-order chi connectivity index (χ1) is 9.61. The lowest BCUT2D eigenvalue weighted by Crippen LogP contribution is -2.42. The topological polar surface area (TPSA) is 29.1 Å². The van der Waals surface area contributed by atoms with Gasteiger partial charge in [-0.1, -0.05) is 63.2 Å². The second kappa shape index (κ2) is 6.67. The summed E-state index contributed by atoms with van der Waals surface area (Å²) in [5, 5.41) is 5.87. The molecule has 0 aliphatic rings. The van der Waals surface area contributed by atoms with Crippen LogP contribution in [0.15, 0.2) is 42.5 Å². The molecule has 1 atom stereocenters. The highest BCUT2D eigenvalue weighted by atomic mass is 16.1. The highest BCUT2D eigenvalue weighted by molar-refractivity contribution is 5.88. The molecule has 0 spiro atoms. The predicted octanol–water partition coefficient (Wildman–Crippen LogP) is 3.97. The second-order valence-corrected chi connectivity index (χ2v) is 5.54. The Bertz CT molecular complexity index is 589. The van der Waals surface area contributed by atoms with Crippen LogP contribution in [0.5, 0.6) is 0 Å². The van der Waals surface area contributed by atoms with Gasteiger partial charge in [0.2, 0.25) is 0 Å². The SMILES string of the molecule is CCC(=O)[C@@H](Cc1cccc2ccccc12)NC(C)C.[HH]. The average Bonchev–Trinajstić information content (AvgIpc) is 2.45. The summed E-state index contributed by atoms with van der Waals surface area (Å²) in [5.74, 6) is 0.284. The zero-order valence-electron chi connectivity index (χ0n) is 12.5. The first-order valence-electron chi connectivity index (χ1n) is 7.37. The van der Waals surface area contributed by atoms with Crippen molar-refractivity contribution in [1.82, 2.24) is 5.32 Å². The molecule has 0 aliphatic carbocycles. The van der Waals surface area contributed by atoms with Crippen LogP contribution in [0.1, 0.15) is 34.2 Å². The molecule has 0 fully saturated rings. The zero-order valence-corrected chi connectivity index (χ0v) is 12.5.